The van der Waals surface area contributed by atoms with Crippen LogP contribution in [0.5, 0.6) is 0 Å². The highest BCUT2D eigenvalue weighted by molar-refractivity contribution is 5.98. The van der Waals surface area contributed by atoms with E-state index in [0.29, 0.717) is 22.2 Å². The number of amides is 1. The standard InChI is InChI=1S/C13H14FN3O/c1-8-11(13(18)16-17(2)3)7-9-6-10(14)4-5-12(9)15-8/h4-7H,1-3H3,(H,16,18). The summed E-state index contributed by atoms with van der Waals surface area (Å²) in [6.45, 7) is 1.76. The van der Waals surface area contributed by atoms with Gasteiger partial charge in [0.1, 0.15) is 5.82 Å². The van der Waals surface area contributed by atoms with Crippen LogP contribution in [0.15, 0.2) is 24.3 Å². The largest absolute Gasteiger partial charge is 0.285 e. The Balaban J connectivity index is 2.51. The van der Waals surface area contributed by atoms with Gasteiger partial charge in [0.05, 0.1) is 16.8 Å². The second-order valence-electron chi connectivity index (χ2n) is 4.29. The van der Waals surface area contributed by atoms with Crippen molar-refractivity contribution < 1.29 is 9.18 Å². The molecule has 0 fully saturated rings. The van der Waals surface area contributed by atoms with E-state index >= 15 is 0 Å². The second-order valence-corrected chi connectivity index (χ2v) is 4.29. The van der Waals surface area contributed by atoms with Gasteiger partial charge in [-0.15, -0.1) is 0 Å². The fourth-order valence-corrected chi connectivity index (χ4v) is 1.74. The van der Waals surface area contributed by atoms with E-state index in [-0.39, 0.29) is 11.7 Å². The minimum Gasteiger partial charge on any atom is -0.285 e. The molecule has 0 aliphatic carbocycles. The molecule has 0 radical (unpaired) electrons. The van der Waals surface area contributed by atoms with Gasteiger partial charge in [-0.05, 0) is 31.2 Å². The number of hydrazine groups is 1. The van der Waals surface area contributed by atoms with Crippen molar-refractivity contribution in [1.29, 1.82) is 0 Å². The van der Waals surface area contributed by atoms with Gasteiger partial charge in [0, 0.05) is 19.5 Å². The van der Waals surface area contributed by atoms with Crippen LogP contribution in [0.2, 0.25) is 0 Å². The first-order valence-corrected chi connectivity index (χ1v) is 5.52. The quantitative estimate of drug-likeness (QED) is 0.824. The van der Waals surface area contributed by atoms with Gasteiger partial charge in [-0.2, -0.15) is 0 Å². The van der Waals surface area contributed by atoms with Gasteiger partial charge in [-0.25, -0.2) is 9.40 Å². The summed E-state index contributed by atoms with van der Waals surface area (Å²) in [6.07, 6.45) is 0. The Morgan fingerprint density at radius 2 is 2.06 bits per heavy atom. The van der Waals surface area contributed by atoms with Crippen molar-refractivity contribution in [2.45, 2.75) is 6.92 Å². The molecule has 0 aliphatic heterocycles. The van der Waals surface area contributed by atoms with Crippen molar-refractivity contribution >= 4 is 16.8 Å². The fraction of sp³-hybridized carbons (Fsp3) is 0.231. The number of nitrogens with zero attached hydrogens (tertiary/aromatic N) is 2. The lowest BCUT2D eigenvalue weighted by atomic mass is 10.1. The van der Waals surface area contributed by atoms with Gasteiger partial charge in [0.2, 0.25) is 0 Å². The zero-order valence-corrected chi connectivity index (χ0v) is 10.5. The van der Waals surface area contributed by atoms with Crippen molar-refractivity contribution in [2.24, 2.45) is 0 Å². The van der Waals surface area contributed by atoms with Gasteiger partial charge in [0.25, 0.3) is 5.91 Å². The van der Waals surface area contributed by atoms with E-state index in [0.717, 1.165) is 0 Å². The van der Waals surface area contributed by atoms with Crippen molar-refractivity contribution in [1.82, 2.24) is 15.4 Å². The molecule has 2 aromatic rings. The summed E-state index contributed by atoms with van der Waals surface area (Å²) < 4.78 is 13.1. The molecule has 1 N–H and O–H groups in total. The molecule has 0 saturated carbocycles. The Morgan fingerprint density at radius 1 is 1.33 bits per heavy atom. The number of aromatic nitrogens is 1. The third-order valence-corrected chi connectivity index (χ3v) is 2.54. The normalized spacial score (nSPS) is 10.9. The first-order chi connectivity index (χ1) is 8.47. The van der Waals surface area contributed by atoms with Gasteiger partial charge in [-0.3, -0.25) is 15.2 Å². The lowest BCUT2D eigenvalue weighted by Crippen LogP contribution is -2.36. The number of aryl methyl sites for hydroxylation is 1. The van der Waals surface area contributed by atoms with Crippen LogP contribution < -0.4 is 5.43 Å². The number of hydrogen-bond donors (Lipinski definition) is 1. The summed E-state index contributed by atoms with van der Waals surface area (Å²) in [5.74, 6) is -0.594. The molecule has 0 aliphatic rings. The Morgan fingerprint density at radius 3 is 2.72 bits per heavy atom. The van der Waals surface area contributed by atoms with Gasteiger partial charge in [-0.1, -0.05) is 0 Å². The average Bonchev–Trinajstić information content (AvgIpc) is 2.27. The summed E-state index contributed by atoms with van der Waals surface area (Å²) in [4.78, 5) is 16.2. The maximum atomic E-state index is 13.1. The van der Waals surface area contributed by atoms with Crippen molar-refractivity contribution in [3.8, 4) is 0 Å². The first-order valence-electron chi connectivity index (χ1n) is 5.52. The molecule has 5 heteroatoms. The molecule has 4 nitrogen and oxygen atoms in total. The van der Waals surface area contributed by atoms with Gasteiger partial charge >= 0.3 is 0 Å². The number of carbonyl (C=O) groups excluding carboxylic acids is 1. The van der Waals surface area contributed by atoms with E-state index in [1.807, 2.05) is 0 Å². The van der Waals surface area contributed by atoms with E-state index in [2.05, 4.69) is 10.4 Å². The highest BCUT2D eigenvalue weighted by Gasteiger charge is 2.12. The first kappa shape index (κ1) is 12.4. The number of nitrogens with one attached hydrogen (secondary N) is 1. The highest BCUT2D eigenvalue weighted by atomic mass is 19.1. The minimum absolute atomic E-state index is 0.254. The smallest absolute Gasteiger partial charge is 0.267 e. The molecule has 1 aromatic carbocycles. The third kappa shape index (κ3) is 2.46. The van der Waals surface area contributed by atoms with E-state index in [1.165, 1.54) is 12.1 Å². The van der Waals surface area contributed by atoms with E-state index in [9.17, 15) is 9.18 Å². The summed E-state index contributed by atoms with van der Waals surface area (Å²) in [5, 5.41) is 2.17. The summed E-state index contributed by atoms with van der Waals surface area (Å²) in [6, 6.07) is 5.98. The lowest BCUT2D eigenvalue weighted by molar-refractivity contribution is 0.0856. The predicted molar refractivity (Wildman–Crippen MR) is 67.6 cm³/mol. The van der Waals surface area contributed by atoms with Crippen LogP contribution in [0.1, 0.15) is 16.1 Å². The summed E-state index contributed by atoms with van der Waals surface area (Å²) >= 11 is 0. The molecule has 0 atom stereocenters. The molecule has 1 amide bonds. The number of fused-ring (bicyclic) bond motifs is 1. The number of benzene rings is 1. The van der Waals surface area contributed by atoms with E-state index in [4.69, 9.17) is 0 Å². The molecule has 18 heavy (non-hydrogen) atoms. The Kier molecular flexibility index (Phi) is 3.25. The van der Waals surface area contributed by atoms with Crippen LogP contribution in [0.3, 0.4) is 0 Å². The van der Waals surface area contributed by atoms with Gasteiger partial charge in [0.15, 0.2) is 0 Å². The lowest BCUT2D eigenvalue weighted by Gasteiger charge is -2.13. The maximum absolute atomic E-state index is 13.1. The Labute approximate surface area is 104 Å². The third-order valence-electron chi connectivity index (χ3n) is 2.54. The minimum atomic E-state index is -0.341. The fourth-order valence-electron chi connectivity index (χ4n) is 1.74. The topological polar surface area (TPSA) is 45.2 Å². The molecule has 0 unspecified atom stereocenters. The van der Waals surface area contributed by atoms with Crippen molar-refractivity contribution in [3.63, 3.8) is 0 Å². The Hall–Kier alpha value is -2.01. The van der Waals surface area contributed by atoms with Crippen LogP contribution in [0, 0.1) is 12.7 Å². The Bertz CT molecular complexity index is 610. The van der Waals surface area contributed by atoms with E-state index in [1.54, 1.807) is 38.2 Å². The van der Waals surface area contributed by atoms with Gasteiger partial charge < -0.3 is 0 Å². The zero-order chi connectivity index (χ0) is 13.3. The van der Waals surface area contributed by atoms with Crippen LogP contribution in [-0.2, 0) is 0 Å². The molecule has 1 aromatic heterocycles. The number of carbonyl (C=O) groups is 1. The summed E-state index contributed by atoms with van der Waals surface area (Å²) in [5.41, 5.74) is 4.38. The molecule has 1 heterocycles. The van der Waals surface area contributed by atoms with E-state index < -0.39 is 0 Å². The average molecular weight is 247 g/mol. The maximum Gasteiger partial charge on any atom is 0.267 e. The van der Waals surface area contributed by atoms with Crippen molar-refractivity contribution in [3.05, 3.63) is 41.3 Å². The number of rotatable bonds is 2. The summed E-state index contributed by atoms with van der Waals surface area (Å²) in [7, 11) is 3.45. The molecule has 2 rings (SSSR count). The molecule has 0 bridgehead atoms. The predicted octanol–water partition coefficient (Wildman–Crippen LogP) is 1.89. The molecule has 0 saturated heterocycles. The molecular weight excluding hydrogens is 233 g/mol. The van der Waals surface area contributed by atoms with Crippen LogP contribution in [0.4, 0.5) is 4.39 Å². The molecule has 0 spiro atoms. The van der Waals surface area contributed by atoms with Crippen LogP contribution in [-0.4, -0.2) is 30.0 Å². The number of halogens is 1. The second kappa shape index (κ2) is 4.70. The SMILES string of the molecule is Cc1nc2ccc(F)cc2cc1C(=O)NN(C)C. The van der Waals surface area contributed by atoms with Crippen molar-refractivity contribution in [2.75, 3.05) is 14.1 Å². The number of pyridine rings is 1. The molecular formula is C13H14FN3O. The monoisotopic (exact) mass is 247 g/mol. The van der Waals surface area contributed by atoms with Crippen LogP contribution >= 0.6 is 0 Å². The highest BCUT2D eigenvalue weighted by Crippen LogP contribution is 2.17. The van der Waals surface area contributed by atoms with Crippen LogP contribution in [0.25, 0.3) is 10.9 Å². The number of hydrogen-bond acceptors (Lipinski definition) is 3. The molecule has 94 valence electrons. The zero-order valence-electron chi connectivity index (χ0n) is 10.5.